The molecule has 110 valence electrons. The number of hydrogen-bond acceptors (Lipinski definition) is 5. The summed E-state index contributed by atoms with van der Waals surface area (Å²) in [5, 5.41) is 19.8. The molecule has 0 aromatic carbocycles. The Bertz CT molecular complexity index is 606. The largest absolute Gasteiger partial charge is 0.390 e. The average molecular weight is 282 g/mol. The van der Waals surface area contributed by atoms with Gasteiger partial charge < -0.3 is 14.9 Å². The lowest BCUT2D eigenvalue weighted by atomic mass is 10.1. The van der Waals surface area contributed by atoms with Gasteiger partial charge in [-0.2, -0.15) is 0 Å². The zero-order valence-electron chi connectivity index (χ0n) is 11.2. The predicted octanol–water partition coefficient (Wildman–Crippen LogP) is -0.570. The van der Waals surface area contributed by atoms with Gasteiger partial charge >= 0.3 is 5.69 Å². The molecule has 0 amide bonds. The highest BCUT2D eigenvalue weighted by molar-refractivity contribution is 5.02. The van der Waals surface area contributed by atoms with Crippen molar-refractivity contribution in [2.45, 2.75) is 44.3 Å². The number of aromatic amines is 1. The van der Waals surface area contributed by atoms with E-state index in [4.69, 9.17) is 4.74 Å². The van der Waals surface area contributed by atoms with Gasteiger partial charge in [0.15, 0.2) is 0 Å². The Morgan fingerprint density at radius 2 is 2.35 bits per heavy atom. The van der Waals surface area contributed by atoms with Gasteiger partial charge in [0, 0.05) is 18.2 Å². The number of nitrogens with zero attached hydrogens (tertiary/aromatic N) is 1. The maximum Gasteiger partial charge on any atom is 0.330 e. The third-order valence-electron chi connectivity index (χ3n) is 3.38. The lowest BCUT2D eigenvalue weighted by Gasteiger charge is -2.20. The van der Waals surface area contributed by atoms with Gasteiger partial charge in [0.05, 0.1) is 12.2 Å². The molecule has 2 heterocycles. The second-order valence-electron chi connectivity index (χ2n) is 4.93. The summed E-state index contributed by atoms with van der Waals surface area (Å²) in [5.41, 5.74) is -0.678. The fraction of sp³-hybridized carbons (Fsp3) is 0.538. The Morgan fingerprint density at radius 3 is 3.00 bits per heavy atom. The van der Waals surface area contributed by atoms with Gasteiger partial charge in [-0.15, -0.1) is 6.58 Å². The summed E-state index contributed by atoms with van der Waals surface area (Å²) >= 11 is 0. The van der Waals surface area contributed by atoms with Crippen LogP contribution in [0.5, 0.6) is 0 Å². The van der Waals surface area contributed by atoms with E-state index < -0.39 is 35.8 Å². The van der Waals surface area contributed by atoms with Crippen LogP contribution in [0, 0.1) is 6.92 Å². The molecule has 1 saturated heterocycles. The molecule has 7 nitrogen and oxygen atoms in total. The summed E-state index contributed by atoms with van der Waals surface area (Å²) in [6.07, 6.45) is 0.125. The van der Waals surface area contributed by atoms with Gasteiger partial charge in [0.1, 0.15) is 12.3 Å². The molecule has 1 aliphatic heterocycles. The molecule has 3 N–H and O–H groups in total. The Morgan fingerprint density at radius 1 is 1.65 bits per heavy atom. The summed E-state index contributed by atoms with van der Waals surface area (Å²) in [5.74, 6) is 0. The first-order chi connectivity index (χ1) is 9.43. The van der Waals surface area contributed by atoms with Gasteiger partial charge in [-0.05, 0) is 13.3 Å². The van der Waals surface area contributed by atoms with Crippen molar-refractivity contribution in [1.29, 1.82) is 0 Å². The van der Waals surface area contributed by atoms with E-state index in [2.05, 4.69) is 11.6 Å². The Balaban J connectivity index is 2.24. The molecular weight excluding hydrogens is 264 g/mol. The molecule has 0 saturated carbocycles. The van der Waals surface area contributed by atoms with Crippen LogP contribution in [0.1, 0.15) is 24.6 Å². The average Bonchev–Trinajstić information content (AvgIpc) is 2.76. The predicted molar refractivity (Wildman–Crippen MR) is 71.4 cm³/mol. The topological polar surface area (TPSA) is 105 Å². The van der Waals surface area contributed by atoms with E-state index in [0.29, 0.717) is 5.56 Å². The van der Waals surface area contributed by atoms with Gasteiger partial charge in [0.2, 0.25) is 0 Å². The molecule has 1 aromatic heterocycles. The minimum absolute atomic E-state index is 0.171. The number of aliphatic hydroxyl groups excluding tert-OH is 2. The fourth-order valence-electron chi connectivity index (χ4n) is 2.30. The molecule has 2 rings (SSSR count). The highest BCUT2D eigenvalue weighted by atomic mass is 16.5. The van der Waals surface area contributed by atoms with E-state index in [-0.39, 0.29) is 12.8 Å². The number of aliphatic hydroxyl groups is 2. The lowest BCUT2D eigenvalue weighted by molar-refractivity contribution is -0.0819. The van der Waals surface area contributed by atoms with E-state index in [0.717, 1.165) is 0 Å². The van der Waals surface area contributed by atoms with Crippen LogP contribution in [0.25, 0.3) is 0 Å². The molecule has 1 aromatic rings. The summed E-state index contributed by atoms with van der Waals surface area (Å²) in [6.45, 7) is 5.09. The van der Waals surface area contributed by atoms with Crippen molar-refractivity contribution < 1.29 is 14.9 Å². The van der Waals surface area contributed by atoms with Gasteiger partial charge in [-0.1, -0.05) is 6.08 Å². The SMILES string of the molecule is C=CC[C@@H](O)[C@H]1O[C@@H](n2cc(C)c(=O)[nH]c2=O)C[C@@H]1O. The number of rotatable bonds is 4. The number of ether oxygens (including phenoxy) is 1. The number of hydrogen-bond donors (Lipinski definition) is 3. The minimum atomic E-state index is -0.882. The smallest absolute Gasteiger partial charge is 0.330 e. The first-order valence-electron chi connectivity index (χ1n) is 6.38. The summed E-state index contributed by atoms with van der Waals surface area (Å²) in [7, 11) is 0. The fourth-order valence-corrected chi connectivity index (χ4v) is 2.30. The standard InChI is InChI=1S/C13H18N2O5/c1-3-4-8(16)11-9(17)5-10(20-11)15-6-7(2)12(18)14-13(15)19/h3,6,8-11,16-17H,1,4-5H2,2H3,(H,14,18,19)/t8-,9+,10-,11-/m1/s1. The minimum Gasteiger partial charge on any atom is -0.390 e. The Labute approximate surface area is 115 Å². The molecule has 1 fully saturated rings. The second kappa shape index (κ2) is 5.74. The number of nitrogens with one attached hydrogen (secondary N) is 1. The highest BCUT2D eigenvalue weighted by Gasteiger charge is 2.39. The van der Waals surface area contributed by atoms with E-state index in [9.17, 15) is 19.8 Å². The van der Waals surface area contributed by atoms with Crippen molar-refractivity contribution in [3.63, 3.8) is 0 Å². The summed E-state index contributed by atoms with van der Waals surface area (Å²) in [4.78, 5) is 25.3. The zero-order chi connectivity index (χ0) is 14.9. The molecule has 4 atom stereocenters. The van der Waals surface area contributed by atoms with Crippen LogP contribution >= 0.6 is 0 Å². The lowest BCUT2D eigenvalue weighted by Crippen LogP contribution is -2.35. The van der Waals surface area contributed by atoms with Crippen LogP contribution < -0.4 is 11.2 Å². The molecule has 0 unspecified atom stereocenters. The van der Waals surface area contributed by atoms with Crippen LogP contribution in [0.2, 0.25) is 0 Å². The second-order valence-corrected chi connectivity index (χ2v) is 4.93. The van der Waals surface area contributed by atoms with Crippen LogP contribution in [0.3, 0.4) is 0 Å². The molecular formula is C13H18N2O5. The van der Waals surface area contributed by atoms with E-state index in [1.54, 1.807) is 6.92 Å². The van der Waals surface area contributed by atoms with Crippen molar-refractivity contribution in [3.05, 3.63) is 45.3 Å². The molecule has 1 aliphatic rings. The van der Waals surface area contributed by atoms with Crippen LogP contribution in [-0.4, -0.2) is 38.1 Å². The molecule has 7 heteroatoms. The Kier molecular flexibility index (Phi) is 4.22. The number of aryl methyl sites for hydroxylation is 1. The van der Waals surface area contributed by atoms with Crippen LogP contribution in [0.4, 0.5) is 0 Å². The molecule has 0 aliphatic carbocycles. The van der Waals surface area contributed by atoms with Gasteiger partial charge in [-0.25, -0.2) is 4.79 Å². The maximum atomic E-state index is 11.8. The van der Waals surface area contributed by atoms with Gasteiger partial charge in [-0.3, -0.25) is 14.3 Å². The third kappa shape index (κ3) is 2.74. The summed E-state index contributed by atoms with van der Waals surface area (Å²) in [6, 6.07) is 0. The van der Waals surface area contributed by atoms with Crippen molar-refractivity contribution in [1.82, 2.24) is 9.55 Å². The first kappa shape index (κ1) is 14.7. The van der Waals surface area contributed by atoms with Crippen LogP contribution in [-0.2, 0) is 4.74 Å². The Hall–Kier alpha value is -1.70. The molecule has 20 heavy (non-hydrogen) atoms. The molecule has 0 spiro atoms. The van der Waals surface area contributed by atoms with Crippen molar-refractivity contribution in [2.75, 3.05) is 0 Å². The molecule has 0 bridgehead atoms. The molecule has 0 radical (unpaired) electrons. The zero-order valence-corrected chi connectivity index (χ0v) is 11.2. The summed E-state index contributed by atoms with van der Waals surface area (Å²) < 4.78 is 6.77. The highest BCUT2D eigenvalue weighted by Crippen LogP contribution is 2.30. The normalized spacial score (nSPS) is 27.4. The van der Waals surface area contributed by atoms with Crippen molar-refractivity contribution in [2.24, 2.45) is 0 Å². The number of H-pyrrole nitrogens is 1. The maximum absolute atomic E-state index is 11.8. The first-order valence-corrected chi connectivity index (χ1v) is 6.38. The van der Waals surface area contributed by atoms with Crippen molar-refractivity contribution in [3.8, 4) is 0 Å². The van der Waals surface area contributed by atoms with Crippen molar-refractivity contribution >= 4 is 0 Å². The monoisotopic (exact) mass is 282 g/mol. The van der Waals surface area contributed by atoms with E-state index >= 15 is 0 Å². The quantitative estimate of drug-likeness (QED) is 0.642. The van der Waals surface area contributed by atoms with Gasteiger partial charge in [0.25, 0.3) is 5.56 Å². The van der Waals surface area contributed by atoms with E-state index in [1.807, 2.05) is 0 Å². The third-order valence-corrected chi connectivity index (χ3v) is 3.38. The van der Waals surface area contributed by atoms with Crippen LogP contribution in [0.15, 0.2) is 28.4 Å². The number of aromatic nitrogens is 2. The van der Waals surface area contributed by atoms with E-state index in [1.165, 1.54) is 16.8 Å².